The maximum atomic E-state index is 12.7. The number of hydrogen-bond donors (Lipinski definition) is 2. The molecule has 0 radical (unpaired) electrons. The normalized spacial score (nSPS) is 12.1. The van der Waals surface area contributed by atoms with Crippen molar-refractivity contribution in [3.63, 3.8) is 0 Å². The molecule has 3 rings (SSSR count). The molecular weight excluding hydrogens is 554 g/mol. The molecule has 0 bridgehead atoms. The van der Waals surface area contributed by atoms with Crippen molar-refractivity contribution in [3.05, 3.63) is 53.3 Å². The summed E-state index contributed by atoms with van der Waals surface area (Å²) in [7, 11) is -10.9. The van der Waals surface area contributed by atoms with E-state index in [-0.39, 0.29) is 21.9 Å². The zero-order chi connectivity index (χ0) is 27.4. The minimum absolute atomic E-state index is 0.0125. The standard InChI is InChI=1S/C20H26N5O4S3.ClO3/c1-12(2)17-10-14(5)11-18(13(3)4)25(17)15-6-8-16(9-7-15)32(28,29)24-19-22-23-20(30-19)31(21,26)27;2-1(3)4/h6-13H,1-5H3,(H,22,24)(H2,21,26,27);/q+1;-1. The summed E-state index contributed by atoms with van der Waals surface area (Å²) in [6.07, 6.45) is 0. The van der Waals surface area contributed by atoms with Gasteiger partial charge in [0.2, 0.25) is 15.2 Å². The van der Waals surface area contributed by atoms with E-state index in [4.69, 9.17) is 19.1 Å². The van der Waals surface area contributed by atoms with Crippen molar-refractivity contribution in [3.8, 4) is 5.69 Å². The number of pyridine rings is 1. The van der Waals surface area contributed by atoms with Crippen molar-refractivity contribution in [1.82, 2.24) is 10.2 Å². The van der Waals surface area contributed by atoms with Crippen molar-refractivity contribution < 1.29 is 46.2 Å². The second-order valence-corrected chi connectivity index (χ2v) is 13.0. The largest absolute Gasteiger partial charge is 0.357 e. The van der Waals surface area contributed by atoms with Gasteiger partial charge in [-0.2, -0.15) is 4.57 Å². The first kappa shape index (κ1) is 30.0. The van der Waals surface area contributed by atoms with E-state index in [0.717, 1.165) is 17.1 Å². The fourth-order valence-electron chi connectivity index (χ4n) is 3.25. The molecule has 0 aliphatic heterocycles. The Labute approximate surface area is 217 Å². The zero-order valence-electron chi connectivity index (χ0n) is 20.0. The molecule has 1 aromatic carbocycles. The van der Waals surface area contributed by atoms with Gasteiger partial charge in [0.25, 0.3) is 20.0 Å². The highest BCUT2D eigenvalue weighted by molar-refractivity contribution is 7.93. The molecule has 0 atom stereocenters. The molecule has 2 aromatic heterocycles. The van der Waals surface area contributed by atoms with E-state index in [2.05, 4.69) is 66.2 Å². The van der Waals surface area contributed by atoms with Crippen LogP contribution in [0.3, 0.4) is 0 Å². The minimum Gasteiger partial charge on any atom is -0.357 e. The molecule has 198 valence electrons. The van der Waals surface area contributed by atoms with Gasteiger partial charge in [-0.1, -0.05) is 39.0 Å². The molecule has 0 fully saturated rings. The van der Waals surface area contributed by atoms with Crippen molar-refractivity contribution in [1.29, 1.82) is 0 Å². The number of nitrogens with two attached hydrogens (primary N) is 1. The predicted molar refractivity (Wildman–Crippen MR) is 123 cm³/mol. The molecule has 0 unspecified atom stereocenters. The first-order valence-corrected chi connectivity index (χ1v) is 15.1. The smallest absolute Gasteiger partial charge is 0.267 e. The van der Waals surface area contributed by atoms with Crippen LogP contribution < -0.4 is 28.4 Å². The molecule has 0 aliphatic rings. The lowest BCUT2D eigenvalue weighted by molar-refractivity contribution is -1.73. The lowest BCUT2D eigenvalue weighted by Crippen LogP contribution is -2.42. The topological polar surface area (TPSA) is 205 Å². The summed E-state index contributed by atoms with van der Waals surface area (Å²) in [6.45, 7) is 10.6. The van der Waals surface area contributed by atoms with Gasteiger partial charge in [-0.3, -0.25) is 4.72 Å². The number of halogens is 1. The van der Waals surface area contributed by atoms with Gasteiger partial charge >= 0.3 is 0 Å². The van der Waals surface area contributed by atoms with Crippen LogP contribution in [-0.4, -0.2) is 27.0 Å². The second kappa shape index (κ2) is 11.9. The number of sulfonamides is 2. The highest BCUT2D eigenvalue weighted by Crippen LogP contribution is 2.24. The van der Waals surface area contributed by atoms with E-state index in [0.29, 0.717) is 11.3 Å². The van der Waals surface area contributed by atoms with Crippen molar-refractivity contribution in [2.45, 2.75) is 55.7 Å². The number of hydrogen-bond acceptors (Lipinski definition) is 10. The van der Waals surface area contributed by atoms with Crippen LogP contribution in [0.15, 0.2) is 45.6 Å². The highest BCUT2D eigenvalue weighted by atomic mass is 35.6. The Morgan fingerprint density at radius 1 is 0.944 bits per heavy atom. The quantitative estimate of drug-likeness (QED) is 0.337. The third-order valence-electron chi connectivity index (χ3n) is 4.73. The molecule has 0 saturated heterocycles. The molecule has 36 heavy (non-hydrogen) atoms. The Bertz CT molecular complexity index is 1380. The SMILES string of the molecule is Cc1cc(C(C)C)[n+](-c2ccc(S(=O)(=O)Nc3nnc(S(N)(=O)=O)s3)cc2)c(C(C)C)c1.[O-][Cl+2]([O-])[O-]. The average Bonchev–Trinajstić information content (AvgIpc) is 3.21. The Morgan fingerprint density at radius 3 is 1.81 bits per heavy atom. The lowest BCUT2D eigenvalue weighted by atomic mass is 10.0. The number of aryl methyl sites for hydroxylation is 1. The predicted octanol–water partition coefficient (Wildman–Crippen LogP) is -0.749. The maximum absolute atomic E-state index is 12.7. The van der Waals surface area contributed by atoms with E-state index in [9.17, 15) is 16.8 Å². The van der Waals surface area contributed by atoms with Gasteiger partial charge in [0, 0.05) is 36.1 Å². The van der Waals surface area contributed by atoms with Crippen molar-refractivity contribution >= 4 is 36.5 Å². The van der Waals surface area contributed by atoms with Crippen LogP contribution in [0.2, 0.25) is 0 Å². The number of nitrogens with one attached hydrogen (secondary N) is 1. The summed E-state index contributed by atoms with van der Waals surface area (Å²) in [5, 5.41) is 11.8. The Morgan fingerprint density at radius 2 is 1.42 bits per heavy atom. The van der Waals surface area contributed by atoms with Gasteiger partial charge in [-0.15, -0.1) is 10.2 Å². The van der Waals surface area contributed by atoms with E-state index in [1.807, 2.05) is 0 Å². The lowest BCUT2D eigenvalue weighted by Gasteiger charge is -2.14. The summed E-state index contributed by atoms with van der Waals surface area (Å²) < 4.78 is 77.3. The van der Waals surface area contributed by atoms with Crippen LogP contribution in [0.1, 0.15) is 56.5 Å². The summed E-state index contributed by atoms with van der Waals surface area (Å²) in [5.74, 6) is 0.533. The summed E-state index contributed by atoms with van der Waals surface area (Å²) in [6, 6.07) is 10.8. The third kappa shape index (κ3) is 7.88. The molecule has 12 nitrogen and oxygen atoms in total. The number of aromatic nitrogens is 3. The maximum Gasteiger partial charge on any atom is 0.267 e. The van der Waals surface area contributed by atoms with Crippen molar-refractivity contribution in [2.24, 2.45) is 5.14 Å². The average molecular weight is 580 g/mol. The number of primary sulfonamides is 1. The molecule has 3 aromatic rings. The van der Waals surface area contributed by atoms with Crippen LogP contribution in [0.4, 0.5) is 5.13 Å². The van der Waals surface area contributed by atoms with E-state index in [1.54, 1.807) is 12.1 Å². The van der Waals surface area contributed by atoms with Gasteiger partial charge < -0.3 is 14.0 Å². The molecule has 0 aliphatic carbocycles. The van der Waals surface area contributed by atoms with Crippen LogP contribution in [0.5, 0.6) is 0 Å². The van der Waals surface area contributed by atoms with Gasteiger partial charge in [-0.05, 0) is 24.6 Å². The summed E-state index contributed by atoms with van der Waals surface area (Å²) >= 11 is 0.543. The van der Waals surface area contributed by atoms with E-state index < -0.39 is 35.2 Å². The van der Waals surface area contributed by atoms with Gasteiger partial charge in [-0.25, -0.2) is 22.0 Å². The molecule has 0 saturated carbocycles. The number of rotatable bonds is 7. The molecule has 0 amide bonds. The van der Waals surface area contributed by atoms with Gasteiger partial charge in [0.1, 0.15) is 0 Å². The fraction of sp³-hybridized carbons (Fsp3) is 0.350. The van der Waals surface area contributed by atoms with E-state index >= 15 is 0 Å². The molecule has 3 N–H and O–H groups in total. The molecule has 2 heterocycles. The Hall–Kier alpha value is -2.24. The highest BCUT2D eigenvalue weighted by Gasteiger charge is 2.26. The second-order valence-electron chi connectivity index (χ2n) is 8.23. The number of benzene rings is 1. The van der Waals surface area contributed by atoms with Crippen LogP contribution in [-0.2, 0) is 20.0 Å². The number of nitrogens with zero attached hydrogens (tertiary/aromatic N) is 3. The van der Waals surface area contributed by atoms with Crippen molar-refractivity contribution in [2.75, 3.05) is 4.72 Å². The Kier molecular flexibility index (Phi) is 9.89. The first-order chi connectivity index (χ1) is 16.5. The fourth-order valence-corrected chi connectivity index (χ4v) is 5.81. The van der Waals surface area contributed by atoms with E-state index in [1.165, 1.54) is 17.7 Å². The molecular formula is C20H26ClN5O7S3. The Balaban J connectivity index is 0.00000106. The molecule has 0 spiro atoms. The monoisotopic (exact) mass is 579 g/mol. The van der Waals surface area contributed by atoms with Gasteiger partial charge in [0.05, 0.1) is 15.7 Å². The summed E-state index contributed by atoms with van der Waals surface area (Å²) in [4.78, 5) is 0.0125. The van der Waals surface area contributed by atoms with Gasteiger partial charge in [0.15, 0.2) is 11.4 Å². The summed E-state index contributed by atoms with van der Waals surface area (Å²) in [5.41, 5.74) is 4.29. The zero-order valence-corrected chi connectivity index (χ0v) is 23.2. The molecule has 16 heteroatoms. The minimum atomic E-state index is -4.06. The van der Waals surface area contributed by atoms with Crippen LogP contribution >= 0.6 is 11.3 Å². The number of anilines is 1. The van der Waals surface area contributed by atoms with Crippen LogP contribution in [0.25, 0.3) is 5.69 Å². The van der Waals surface area contributed by atoms with Crippen LogP contribution in [0, 0.1) is 17.7 Å². The third-order valence-corrected chi connectivity index (χ3v) is 8.36. The first-order valence-electron chi connectivity index (χ1n) is 10.3.